The second kappa shape index (κ2) is 9.53. The molecule has 2 aromatic heterocycles. The standard InChI is InChI=1S/C26H36N4O3/c1-3-23-11-25(29-33-23)26-12-21(26)15-30(17-26)9-8-19-4-6-20(7-5-19)10-22(31)16-32-24-13-27-18(2)28-14-24/h11,13-14,19-21H,3-10,12,15-17H2,1-2H3/t19?,20?,21-,26-/m0/s1. The van der Waals surface area contributed by atoms with Gasteiger partial charge in [-0.05, 0) is 56.9 Å². The highest BCUT2D eigenvalue weighted by Gasteiger charge is 2.62. The van der Waals surface area contributed by atoms with Crippen LogP contribution in [-0.4, -0.2) is 52.0 Å². The first kappa shape index (κ1) is 22.5. The van der Waals surface area contributed by atoms with Gasteiger partial charge in [-0.1, -0.05) is 24.9 Å². The summed E-state index contributed by atoms with van der Waals surface area (Å²) in [5.74, 6) is 4.52. The Kier molecular flexibility index (Phi) is 6.50. The van der Waals surface area contributed by atoms with E-state index in [9.17, 15) is 4.79 Å². The average Bonchev–Trinajstić information content (AvgIpc) is 3.16. The molecule has 0 radical (unpaired) electrons. The number of fused-ring (bicyclic) bond motifs is 1. The maximum atomic E-state index is 12.4. The molecule has 3 aliphatic rings. The van der Waals surface area contributed by atoms with Crippen LogP contribution in [-0.2, 0) is 16.6 Å². The summed E-state index contributed by atoms with van der Waals surface area (Å²) in [4.78, 5) is 23.2. The summed E-state index contributed by atoms with van der Waals surface area (Å²) in [6.07, 6.45) is 12.2. The van der Waals surface area contributed by atoms with Crippen molar-refractivity contribution in [3.05, 3.63) is 35.7 Å². The van der Waals surface area contributed by atoms with Gasteiger partial charge in [-0.15, -0.1) is 0 Å². The van der Waals surface area contributed by atoms with Crippen LogP contribution < -0.4 is 4.74 Å². The molecular formula is C26H36N4O3. The normalized spacial score (nSPS) is 29.1. The summed E-state index contributed by atoms with van der Waals surface area (Å²) in [6.45, 7) is 7.61. The number of ketones is 1. The van der Waals surface area contributed by atoms with Crippen molar-refractivity contribution < 1.29 is 14.1 Å². The van der Waals surface area contributed by atoms with Gasteiger partial charge in [0.1, 0.15) is 18.2 Å². The Balaban J connectivity index is 0.992. The maximum absolute atomic E-state index is 12.4. The summed E-state index contributed by atoms with van der Waals surface area (Å²) in [7, 11) is 0. The second-order valence-corrected chi connectivity index (χ2v) is 10.5. The van der Waals surface area contributed by atoms with Crippen LogP contribution in [0.25, 0.3) is 0 Å². The number of carbonyl (C=O) groups excluding carboxylic acids is 1. The molecule has 0 aromatic carbocycles. The molecule has 0 spiro atoms. The smallest absolute Gasteiger partial charge is 0.170 e. The van der Waals surface area contributed by atoms with Gasteiger partial charge in [0.2, 0.25) is 0 Å². The summed E-state index contributed by atoms with van der Waals surface area (Å²) >= 11 is 0. The number of nitrogens with zero attached hydrogens (tertiary/aromatic N) is 4. The van der Waals surface area contributed by atoms with Crippen molar-refractivity contribution in [3.8, 4) is 5.75 Å². The molecule has 0 amide bonds. The number of rotatable bonds is 10. The molecule has 3 heterocycles. The number of aromatic nitrogens is 3. The Morgan fingerprint density at radius 1 is 1.21 bits per heavy atom. The molecule has 0 bridgehead atoms. The SMILES string of the molecule is CCc1cc([C@]23C[C@H]2CN(CCC2CCC(CC(=O)COc4cnc(C)nc4)CC2)C3)no1. The molecule has 0 N–H and O–H groups in total. The molecule has 7 heteroatoms. The van der Waals surface area contributed by atoms with Crippen molar-refractivity contribution in [2.24, 2.45) is 17.8 Å². The fraction of sp³-hybridized carbons (Fsp3) is 0.692. The summed E-state index contributed by atoms with van der Waals surface area (Å²) in [5.41, 5.74) is 1.47. The molecule has 1 aliphatic heterocycles. The van der Waals surface area contributed by atoms with Crippen LogP contribution in [0, 0.1) is 24.7 Å². The van der Waals surface area contributed by atoms with Crippen molar-refractivity contribution in [1.82, 2.24) is 20.0 Å². The third-order valence-electron chi connectivity index (χ3n) is 8.13. The molecule has 178 valence electrons. The molecule has 2 atom stereocenters. The van der Waals surface area contributed by atoms with Crippen LogP contribution >= 0.6 is 0 Å². The van der Waals surface area contributed by atoms with Crippen LogP contribution in [0.1, 0.15) is 69.1 Å². The lowest BCUT2D eigenvalue weighted by atomic mass is 9.78. The van der Waals surface area contributed by atoms with E-state index in [4.69, 9.17) is 9.26 Å². The number of ether oxygens (including phenoxy) is 1. The molecule has 5 rings (SSSR count). The lowest BCUT2D eigenvalue weighted by Gasteiger charge is -2.30. The number of hydrogen-bond donors (Lipinski definition) is 0. The van der Waals surface area contributed by atoms with Gasteiger partial charge in [-0.3, -0.25) is 4.79 Å². The molecule has 3 fully saturated rings. The average molecular weight is 453 g/mol. The molecule has 2 aromatic rings. The molecule has 0 unspecified atom stereocenters. The van der Waals surface area contributed by atoms with Crippen molar-refractivity contribution in [3.63, 3.8) is 0 Å². The van der Waals surface area contributed by atoms with Gasteiger partial charge in [0.25, 0.3) is 0 Å². The highest BCUT2D eigenvalue weighted by molar-refractivity contribution is 5.80. The van der Waals surface area contributed by atoms with E-state index in [1.807, 2.05) is 6.92 Å². The summed E-state index contributed by atoms with van der Waals surface area (Å²) in [5, 5.41) is 4.39. The monoisotopic (exact) mass is 452 g/mol. The van der Waals surface area contributed by atoms with E-state index >= 15 is 0 Å². The molecule has 2 saturated carbocycles. The third-order valence-corrected chi connectivity index (χ3v) is 8.13. The quantitative estimate of drug-likeness (QED) is 0.536. The number of aryl methyl sites for hydroxylation is 2. The van der Waals surface area contributed by atoms with Gasteiger partial charge in [-0.25, -0.2) is 9.97 Å². The number of hydrogen-bond acceptors (Lipinski definition) is 7. The van der Waals surface area contributed by atoms with E-state index in [0.29, 0.717) is 23.9 Å². The number of Topliss-reactive ketones (excluding diaryl/α,β-unsaturated/α-hetero) is 1. The number of carbonyl (C=O) groups is 1. The lowest BCUT2D eigenvalue weighted by Crippen LogP contribution is -2.29. The lowest BCUT2D eigenvalue weighted by molar-refractivity contribution is -0.122. The zero-order valence-electron chi connectivity index (χ0n) is 20.0. The minimum atomic E-state index is 0.121. The molecule has 1 saturated heterocycles. The number of piperidine rings is 1. The Morgan fingerprint density at radius 3 is 2.70 bits per heavy atom. The summed E-state index contributed by atoms with van der Waals surface area (Å²) < 4.78 is 11.0. The molecule has 33 heavy (non-hydrogen) atoms. The van der Waals surface area contributed by atoms with E-state index in [-0.39, 0.29) is 17.8 Å². The van der Waals surface area contributed by atoms with E-state index in [1.165, 1.54) is 44.5 Å². The highest BCUT2D eigenvalue weighted by atomic mass is 16.5. The van der Waals surface area contributed by atoms with Crippen molar-refractivity contribution >= 4 is 5.78 Å². The first-order valence-corrected chi connectivity index (χ1v) is 12.7. The fourth-order valence-electron chi connectivity index (χ4n) is 5.96. The van der Waals surface area contributed by atoms with Crippen molar-refractivity contribution in [2.75, 3.05) is 26.2 Å². The van der Waals surface area contributed by atoms with Gasteiger partial charge in [0, 0.05) is 37.4 Å². The largest absolute Gasteiger partial charge is 0.483 e. The molecule has 2 aliphatic carbocycles. The van der Waals surface area contributed by atoms with E-state index in [1.54, 1.807) is 12.4 Å². The topological polar surface area (TPSA) is 81.4 Å². The Hall–Kier alpha value is -2.28. The summed E-state index contributed by atoms with van der Waals surface area (Å²) in [6, 6.07) is 2.19. The zero-order valence-corrected chi connectivity index (χ0v) is 20.0. The van der Waals surface area contributed by atoms with Crippen LogP contribution in [0.3, 0.4) is 0 Å². The Labute approximate surface area is 196 Å². The minimum absolute atomic E-state index is 0.121. The van der Waals surface area contributed by atoms with Crippen LogP contribution in [0.5, 0.6) is 5.75 Å². The minimum Gasteiger partial charge on any atom is -0.483 e. The van der Waals surface area contributed by atoms with Gasteiger partial charge in [0.05, 0.1) is 18.1 Å². The van der Waals surface area contributed by atoms with E-state index < -0.39 is 0 Å². The van der Waals surface area contributed by atoms with Gasteiger partial charge < -0.3 is 14.2 Å². The van der Waals surface area contributed by atoms with Crippen molar-refractivity contribution in [1.29, 1.82) is 0 Å². The van der Waals surface area contributed by atoms with Gasteiger partial charge >= 0.3 is 0 Å². The molecular weight excluding hydrogens is 416 g/mol. The first-order valence-electron chi connectivity index (χ1n) is 12.7. The van der Waals surface area contributed by atoms with Crippen molar-refractivity contribution in [2.45, 2.75) is 70.6 Å². The fourth-order valence-corrected chi connectivity index (χ4v) is 5.96. The maximum Gasteiger partial charge on any atom is 0.170 e. The predicted octanol–water partition coefficient (Wildman–Crippen LogP) is 4.14. The predicted molar refractivity (Wildman–Crippen MR) is 124 cm³/mol. The van der Waals surface area contributed by atoms with E-state index in [2.05, 4.69) is 33.0 Å². The van der Waals surface area contributed by atoms with Gasteiger partial charge in [0.15, 0.2) is 11.5 Å². The van der Waals surface area contributed by atoms with Crippen LogP contribution in [0.2, 0.25) is 0 Å². The third kappa shape index (κ3) is 5.13. The highest BCUT2D eigenvalue weighted by Crippen LogP contribution is 2.58. The molecule has 7 nitrogen and oxygen atoms in total. The van der Waals surface area contributed by atoms with Gasteiger partial charge in [-0.2, -0.15) is 0 Å². The Bertz CT molecular complexity index is 951. The number of likely N-dealkylation sites (tertiary alicyclic amines) is 1. The zero-order chi connectivity index (χ0) is 22.8. The van der Waals surface area contributed by atoms with Crippen LogP contribution in [0.15, 0.2) is 23.0 Å². The second-order valence-electron chi connectivity index (χ2n) is 10.5. The Morgan fingerprint density at radius 2 is 1.97 bits per heavy atom. The van der Waals surface area contributed by atoms with E-state index in [0.717, 1.165) is 43.4 Å². The van der Waals surface area contributed by atoms with Crippen LogP contribution in [0.4, 0.5) is 0 Å². The first-order chi connectivity index (χ1) is 16.0.